The van der Waals surface area contributed by atoms with Crippen molar-refractivity contribution in [1.29, 1.82) is 0 Å². The molecule has 0 saturated carbocycles. The number of hydrogen-bond donors (Lipinski definition) is 3. The Morgan fingerprint density at radius 1 is 0.976 bits per heavy atom. The van der Waals surface area contributed by atoms with E-state index in [0.29, 0.717) is 12.6 Å². The molecule has 0 spiro atoms. The van der Waals surface area contributed by atoms with Gasteiger partial charge in [-0.15, -0.1) is 0 Å². The molecule has 3 N–H and O–H groups in total. The minimum atomic E-state index is -0.470. The number of hydrogen-bond acceptors (Lipinski definition) is 9. The number of aromatic amines is 1. The van der Waals surface area contributed by atoms with Gasteiger partial charge in [0.1, 0.15) is 17.2 Å². The van der Waals surface area contributed by atoms with Crippen LogP contribution in [0.15, 0.2) is 42.9 Å². The fraction of sp³-hybridized carbons (Fsp3) is 0.333. The summed E-state index contributed by atoms with van der Waals surface area (Å²) in [5.74, 6) is 2.11. The number of anilines is 5. The van der Waals surface area contributed by atoms with Crippen LogP contribution in [0.1, 0.15) is 17.5 Å². The number of benzene rings is 2. The SMILES string of the molecule is Cc1cc(Nc2nc(Nc3ccc4nccnc4c3P(C)C)c3cc[nH]c3n2)c2c(c1N1CCOCC1)CCCO2. The molecule has 5 heterocycles. The number of aromatic nitrogens is 5. The molecule has 2 aromatic carbocycles. The Kier molecular flexibility index (Phi) is 6.80. The van der Waals surface area contributed by atoms with Crippen LogP contribution in [0.4, 0.5) is 28.8 Å². The highest BCUT2D eigenvalue weighted by atomic mass is 31.1. The lowest BCUT2D eigenvalue weighted by Gasteiger charge is -2.34. The third kappa shape index (κ3) is 4.81. The summed E-state index contributed by atoms with van der Waals surface area (Å²) < 4.78 is 11.9. The highest BCUT2D eigenvalue weighted by Gasteiger charge is 2.26. The maximum Gasteiger partial charge on any atom is 0.231 e. The largest absolute Gasteiger partial charge is 0.491 e. The number of rotatable bonds is 6. The summed E-state index contributed by atoms with van der Waals surface area (Å²) in [6.07, 6.45) is 7.35. The Morgan fingerprint density at radius 3 is 2.68 bits per heavy atom. The van der Waals surface area contributed by atoms with E-state index in [9.17, 15) is 0 Å². The Bertz CT molecular complexity index is 1750. The fourth-order valence-electron chi connectivity index (χ4n) is 5.91. The minimum Gasteiger partial charge on any atom is -0.491 e. The van der Waals surface area contributed by atoms with Crippen molar-refractivity contribution in [3.8, 4) is 5.75 Å². The lowest BCUT2D eigenvalue weighted by atomic mass is 9.97. The molecule has 1 fully saturated rings. The van der Waals surface area contributed by atoms with Gasteiger partial charge in [0.2, 0.25) is 5.95 Å². The minimum absolute atomic E-state index is 0.470. The van der Waals surface area contributed by atoms with Crippen LogP contribution in [0, 0.1) is 6.92 Å². The van der Waals surface area contributed by atoms with Crippen molar-refractivity contribution in [2.24, 2.45) is 0 Å². The first-order chi connectivity index (χ1) is 20.1. The van der Waals surface area contributed by atoms with Crippen LogP contribution in [0.2, 0.25) is 0 Å². The van der Waals surface area contributed by atoms with Gasteiger partial charge in [-0.25, -0.2) is 0 Å². The second-order valence-corrected chi connectivity index (χ2v) is 12.9. The molecule has 3 aromatic heterocycles. The molecule has 0 aliphatic carbocycles. The third-order valence-corrected chi connectivity index (χ3v) is 9.01. The van der Waals surface area contributed by atoms with E-state index in [-0.39, 0.29) is 0 Å². The number of morpholine rings is 1. The average molecular weight is 569 g/mol. The summed E-state index contributed by atoms with van der Waals surface area (Å²) in [6, 6.07) is 8.23. The number of ether oxygens (including phenoxy) is 2. The van der Waals surface area contributed by atoms with E-state index in [0.717, 1.165) is 84.2 Å². The summed E-state index contributed by atoms with van der Waals surface area (Å²) in [7, 11) is -0.470. The fourth-order valence-corrected chi connectivity index (χ4v) is 7.12. The zero-order valence-corrected chi connectivity index (χ0v) is 24.4. The number of nitrogens with one attached hydrogen (secondary N) is 3. The van der Waals surface area contributed by atoms with Crippen molar-refractivity contribution < 1.29 is 9.47 Å². The van der Waals surface area contributed by atoms with E-state index in [4.69, 9.17) is 19.4 Å². The van der Waals surface area contributed by atoms with Gasteiger partial charge in [0.25, 0.3) is 0 Å². The normalized spacial score (nSPS) is 15.3. The van der Waals surface area contributed by atoms with Crippen LogP contribution in [0.5, 0.6) is 5.75 Å². The van der Waals surface area contributed by atoms with Gasteiger partial charge >= 0.3 is 0 Å². The van der Waals surface area contributed by atoms with E-state index in [2.05, 4.69) is 62.9 Å². The molecule has 0 atom stereocenters. The lowest BCUT2D eigenvalue weighted by Crippen LogP contribution is -2.37. The summed E-state index contributed by atoms with van der Waals surface area (Å²) in [5.41, 5.74) is 8.16. The van der Waals surface area contributed by atoms with Crippen molar-refractivity contribution in [1.82, 2.24) is 24.9 Å². The maximum atomic E-state index is 6.28. The number of aryl methyl sites for hydroxylation is 1. The summed E-state index contributed by atoms with van der Waals surface area (Å²) >= 11 is 0. The first-order valence-electron chi connectivity index (χ1n) is 14.0. The molecule has 11 heteroatoms. The Labute approximate surface area is 239 Å². The average Bonchev–Trinajstić information content (AvgIpc) is 3.46. The van der Waals surface area contributed by atoms with E-state index in [1.54, 1.807) is 12.4 Å². The Morgan fingerprint density at radius 2 is 1.83 bits per heavy atom. The molecule has 210 valence electrons. The van der Waals surface area contributed by atoms with Crippen molar-refractivity contribution in [2.75, 3.05) is 61.8 Å². The second-order valence-electron chi connectivity index (χ2n) is 10.6. The molecule has 0 radical (unpaired) electrons. The van der Waals surface area contributed by atoms with Gasteiger partial charge in [0.05, 0.1) is 41.9 Å². The molecule has 2 aliphatic rings. The van der Waals surface area contributed by atoms with Gasteiger partial charge < -0.3 is 30.0 Å². The van der Waals surface area contributed by atoms with E-state index in [1.807, 2.05) is 18.3 Å². The molecular weight excluding hydrogens is 535 g/mol. The van der Waals surface area contributed by atoms with Gasteiger partial charge in [-0.05, 0) is 62.9 Å². The first kappa shape index (κ1) is 25.9. The van der Waals surface area contributed by atoms with E-state index in [1.165, 1.54) is 22.1 Å². The molecule has 10 nitrogen and oxygen atoms in total. The molecule has 0 bridgehead atoms. The molecule has 2 aliphatic heterocycles. The van der Waals surface area contributed by atoms with Gasteiger partial charge in [-0.3, -0.25) is 9.97 Å². The smallest absolute Gasteiger partial charge is 0.231 e. The van der Waals surface area contributed by atoms with Crippen molar-refractivity contribution in [2.45, 2.75) is 19.8 Å². The quantitative estimate of drug-likeness (QED) is 0.237. The van der Waals surface area contributed by atoms with Crippen molar-refractivity contribution >= 4 is 64.1 Å². The lowest BCUT2D eigenvalue weighted by molar-refractivity contribution is 0.122. The van der Waals surface area contributed by atoms with E-state index < -0.39 is 7.92 Å². The Hall–Kier alpha value is -4.01. The highest BCUT2D eigenvalue weighted by molar-refractivity contribution is 7.65. The van der Waals surface area contributed by atoms with Crippen molar-refractivity contribution in [3.63, 3.8) is 0 Å². The molecule has 0 amide bonds. The maximum absolute atomic E-state index is 6.28. The van der Waals surface area contributed by atoms with Gasteiger partial charge in [0, 0.05) is 53.9 Å². The van der Waals surface area contributed by atoms with Gasteiger partial charge in [0.15, 0.2) is 0 Å². The number of nitrogens with zero attached hydrogens (tertiary/aromatic N) is 5. The van der Waals surface area contributed by atoms with Crippen LogP contribution in [0.25, 0.3) is 22.1 Å². The molecule has 5 aromatic rings. The topological polar surface area (TPSA) is 113 Å². The molecule has 41 heavy (non-hydrogen) atoms. The summed E-state index contributed by atoms with van der Waals surface area (Å²) in [6.45, 7) is 10.6. The predicted octanol–water partition coefficient (Wildman–Crippen LogP) is 5.23. The van der Waals surface area contributed by atoms with Crippen LogP contribution >= 0.6 is 7.92 Å². The summed E-state index contributed by atoms with van der Waals surface area (Å²) in [5, 5.41) is 9.20. The van der Waals surface area contributed by atoms with Gasteiger partial charge in [-0.2, -0.15) is 9.97 Å². The molecule has 7 rings (SSSR count). The summed E-state index contributed by atoms with van der Waals surface area (Å²) in [4.78, 5) is 24.7. The van der Waals surface area contributed by atoms with Gasteiger partial charge in [-0.1, -0.05) is 7.92 Å². The molecular formula is C30H33N8O2P. The second kappa shape index (κ2) is 10.8. The predicted molar refractivity (Wildman–Crippen MR) is 166 cm³/mol. The highest BCUT2D eigenvalue weighted by Crippen LogP contribution is 2.43. The standard InChI is InChI=1S/C30H33N8O2P/c1-18-17-23(26-19(5-4-14-40-26)25(18)38-12-15-39-16-13-38)35-30-36-28-20(8-9-33-28)29(37-30)34-22-7-6-21-24(27(22)41(2)3)32-11-10-31-21/h6-11,17H,4-5,12-16H2,1-3H3,(H3,33,34,35,36,37). The van der Waals surface area contributed by atoms with Crippen molar-refractivity contribution in [3.05, 3.63) is 54.0 Å². The van der Waals surface area contributed by atoms with Crippen LogP contribution in [-0.4, -0.2) is 71.2 Å². The van der Waals surface area contributed by atoms with E-state index >= 15 is 0 Å². The molecule has 0 unspecified atom stereocenters. The third-order valence-electron chi connectivity index (χ3n) is 7.66. The zero-order chi connectivity index (χ0) is 27.9. The Balaban J connectivity index is 1.28. The van der Waals surface area contributed by atoms with Crippen LogP contribution in [0.3, 0.4) is 0 Å². The molecule has 1 saturated heterocycles. The zero-order valence-electron chi connectivity index (χ0n) is 23.5. The first-order valence-corrected chi connectivity index (χ1v) is 16.2. The van der Waals surface area contributed by atoms with Crippen LogP contribution < -0.4 is 25.6 Å². The monoisotopic (exact) mass is 568 g/mol. The number of H-pyrrole nitrogens is 1. The number of fused-ring (bicyclic) bond motifs is 3. The van der Waals surface area contributed by atoms with Crippen LogP contribution in [-0.2, 0) is 11.2 Å².